The molecule has 1 aliphatic rings. The number of rotatable bonds is 4. The van der Waals surface area contributed by atoms with Crippen molar-refractivity contribution in [2.75, 3.05) is 4.90 Å². The van der Waals surface area contributed by atoms with Gasteiger partial charge >= 0.3 is 0 Å². The number of hydrogen-bond acceptors (Lipinski definition) is 3. The van der Waals surface area contributed by atoms with E-state index in [1.54, 1.807) is 12.1 Å². The average molecular weight is 316 g/mol. The predicted molar refractivity (Wildman–Crippen MR) is 80.5 cm³/mol. The summed E-state index contributed by atoms with van der Waals surface area (Å²) in [5, 5.41) is 3.00. The molecule has 1 unspecified atom stereocenters. The molecule has 2 amide bonds. The van der Waals surface area contributed by atoms with Crippen molar-refractivity contribution < 1.29 is 18.4 Å². The van der Waals surface area contributed by atoms with Crippen LogP contribution in [0.5, 0.6) is 0 Å². The molecule has 0 radical (unpaired) electrons. The molecule has 1 heterocycles. The van der Waals surface area contributed by atoms with Crippen LogP contribution in [0.4, 0.5) is 14.5 Å². The standard InChI is InChI=1S/C17H14F2N2O2/c18-12-3-1-11(2-4-12)10-20-15-9-16(22)21(17(15)23)14-7-5-13(19)6-8-14/h1-8,15,20H,9-10H2. The minimum Gasteiger partial charge on any atom is -0.301 e. The molecule has 3 rings (SSSR count). The van der Waals surface area contributed by atoms with Crippen molar-refractivity contribution in [1.82, 2.24) is 5.32 Å². The van der Waals surface area contributed by atoms with Crippen LogP contribution >= 0.6 is 0 Å². The second-order valence-electron chi connectivity index (χ2n) is 5.31. The molecule has 1 aliphatic heterocycles. The molecule has 0 bridgehead atoms. The largest absolute Gasteiger partial charge is 0.301 e. The van der Waals surface area contributed by atoms with Gasteiger partial charge in [0.2, 0.25) is 5.91 Å². The zero-order valence-electron chi connectivity index (χ0n) is 12.1. The molecular weight excluding hydrogens is 302 g/mol. The molecule has 0 saturated carbocycles. The first-order valence-corrected chi connectivity index (χ1v) is 7.15. The summed E-state index contributed by atoms with van der Waals surface area (Å²) in [5.74, 6) is -1.47. The Balaban J connectivity index is 1.68. The number of imide groups is 1. The van der Waals surface area contributed by atoms with Gasteiger partial charge in [0.15, 0.2) is 0 Å². The number of nitrogens with one attached hydrogen (secondary N) is 1. The van der Waals surface area contributed by atoms with E-state index in [2.05, 4.69) is 5.32 Å². The molecule has 118 valence electrons. The number of hydrogen-bond donors (Lipinski definition) is 1. The van der Waals surface area contributed by atoms with Crippen molar-refractivity contribution in [3.63, 3.8) is 0 Å². The van der Waals surface area contributed by atoms with Gasteiger partial charge in [-0.25, -0.2) is 13.7 Å². The van der Waals surface area contributed by atoms with Crippen molar-refractivity contribution in [1.29, 1.82) is 0 Å². The smallest absolute Gasteiger partial charge is 0.251 e. The van der Waals surface area contributed by atoms with Gasteiger partial charge in [-0.1, -0.05) is 12.1 Å². The lowest BCUT2D eigenvalue weighted by atomic mass is 10.2. The van der Waals surface area contributed by atoms with Gasteiger partial charge < -0.3 is 5.32 Å². The summed E-state index contributed by atoms with van der Waals surface area (Å²) in [5.41, 5.74) is 1.17. The Morgan fingerprint density at radius 2 is 1.52 bits per heavy atom. The summed E-state index contributed by atoms with van der Waals surface area (Å²) < 4.78 is 25.8. The Bertz CT molecular complexity index is 729. The van der Waals surface area contributed by atoms with Crippen molar-refractivity contribution in [3.05, 3.63) is 65.7 Å². The Hall–Kier alpha value is -2.60. The third-order valence-corrected chi connectivity index (χ3v) is 3.70. The fourth-order valence-electron chi connectivity index (χ4n) is 2.50. The summed E-state index contributed by atoms with van der Waals surface area (Å²) in [6, 6.07) is 10.5. The van der Waals surface area contributed by atoms with Crippen molar-refractivity contribution in [2.24, 2.45) is 0 Å². The maximum absolute atomic E-state index is 13.0. The highest BCUT2D eigenvalue weighted by Crippen LogP contribution is 2.23. The van der Waals surface area contributed by atoms with Gasteiger partial charge in [-0.15, -0.1) is 0 Å². The van der Waals surface area contributed by atoms with E-state index in [0.717, 1.165) is 10.5 Å². The second-order valence-corrected chi connectivity index (χ2v) is 5.31. The molecule has 2 aromatic carbocycles. The minimum absolute atomic E-state index is 0.0391. The van der Waals surface area contributed by atoms with Crippen LogP contribution in [-0.4, -0.2) is 17.9 Å². The average Bonchev–Trinajstić information content (AvgIpc) is 2.82. The first-order chi connectivity index (χ1) is 11.0. The molecule has 0 spiro atoms. The summed E-state index contributed by atoms with van der Waals surface area (Å²) in [7, 11) is 0. The number of benzene rings is 2. The molecule has 2 aromatic rings. The number of halogens is 2. The Morgan fingerprint density at radius 1 is 0.957 bits per heavy atom. The van der Waals surface area contributed by atoms with E-state index in [9.17, 15) is 18.4 Å². The van der Waals surface area contributed by atoms with E-state index in [-0.39, 0.29) is 24.1 Å². The number of carbonyl (C=O) groups excluding carboxylic acids is 2. The zero-order valence-corrected chi connectivity index (χ0v) is 12.1. The molecular formula is C17H14F2N2O2. The van der Waals surface area contributed by atoms with E-state index in [4.69, 9.17) is 0 Å². The van der Waals surface area contributed by atoms with Crippen LogP contribution in [0.25, 0.3) is 0 Å². The molecule has 23 heavy (non-hydrogen) atoms. The molecule has 0 aromatic heterocycles. The van der Waals surface area contributed by atoms with Gasteiger partial charge in [0.1, 0.15) is 11.6 Å². The van der Waals surface area contributed by atoms with Crippen LogP contribution in [0.3, 0.4) is 0 Å². The number of anilines is 1. The normalized spacial score (nSPS) is 17.8. The molecule has 1 N–H and O–H groups in total. The Morgan fingerprint density at radius 3 is 2.13 bits per heavy atom. The molecule has 1 fully saturated rings. The van der Waals surface area contributed by atoms with Crippen LogP contribution in [-0.2, 0) is 16.1 Å². The van der Waals surface area contributed by atoms with Gasteiger partial charge in [0.05, 0.1) is 18.2 Å². The van der Waals surface area contributed by atoms with Crippen LogP contribution in [0.15, 0.2) is 48.5 Å². The third-order valence-electron chi connectivity index (χ3n) is 3.70. The highest BCUT2D eigenvalue weighted by molar-refractivity contribution is 6.22. The highest BCUT2D eigenvalue weighted by Gasteiger charge is 2.39. The van der Waals surface area contributed by atoms with Gasteiger partial charge in [-0.2, -0.15) is 0 Å². The predicted octanol–water partition coefficient (Wildman–Crippen LogP) is 2.39. The summed E-state index contributed by atoms with van der Waals surface area (Å²) >= 11 is 0. The first-order valence-electron chi connectivity index (χ1n) is 7.15. The van der Waals surface area contributed by atoms with Gasteiger partial charge in [-0.3, -0.25) is 9.59 Å². The van der Waals surface area contributed by atoms with Crippen LogP contribution in [0.2, 0.25) is 0 Å². The lowest BCUT2D eigenvalue weighted by Crippen LogP contribution is -2.38. The lowest BCUT2D eigenvalue weighted by Gasteiger charge is -2.15. The van der Waals surface area contributed by atoms with E-state index < -0.39 is 11.9 Å². The quantitative estimate of drug-likeness (QED) is 0.881. The topological polar surface area (TPSA) is 49.4 Å². The zero-order chi connectivity index (χ0) is 16.4. The Labute approximate surface area is 131 Å². The van der Waals surface area contributed by atoms with E-state index in [0.29, 0.717) is 12.2 Å². The van der Waals surface area contributed by atoms with Crippen LogP contribution in [0, 0.1) is 11.6 Å². The second kappa shape index (κ2) is 6.26. The molecule has 1 atom stereocenters. The number of carbonyl (C=O) groups is 2. The molecule has 1 saturated heterocycles. The SMILES string of the molecule is O=C1CC(NCc2ccc(F)cc2)C(=O)N1c1ccc(F)cc1. The minimum atomic E-state index is -0.641. The number of nitrogens with zero attached hydrogens (tertiary/aromatic N) is 1. The van der Waals surface area contributed by atoms with E-state index >= 15 is 0 Å². The van der Waals surface area contributed by atoms with Gasteiger partial charge in [0, 0.05) is 6.54 Å². The van der Waals surface area contributed by atoms with E-state index in [1.165, 1.54) is 36.4 Å². The fourth-order valence-corrected chi connectivity index (χ4v) is 2.50. The van der Waals surface area contributed by atoms with Crippen LogP contribution < -0.4 is 10.2 Å². The van der Waals surface area contributed by atoms with Crippen molar-refractivity contribution in [2.45, 2.75) is 19.0 Å². The molecule has 0 aliphatic carbocycles. The van der Waals surface area contributed by atoms with Crippen molar-refractivity contribution >= 4 is 17.5 Å². The van der Waals surface area contributed by atoms with Crippen molar-refractivity contribution in [3.8, 4) is 0 Å². The number of amides is 2. The maximum Gasteiger partial charge on any atom is 0.251 e. The highest BCUT2D eigenvalue weighted by atomic mass is 19.1. The first kappa shape index (κ1) is 15.3. The molecule has 6 heteroatoms. The van der Waals surface area contributed by atoms with E-state index in [1.807, 2.05) is 0 Å². The Kier molecular flexibility index (Phi) is 4.16. The monoisotopic (exact) mass is 316 g/mol. The molecule has 4 nitrogen and oxygen atoms in total. The van der Waals surface area contributed by atoms with Gasteiger partial charge in [-0.05, 0) is 42.0 Å². The third kappa shape index (κ3) is 3.27. The van der Waals surface area contributed by atoms with Gasteiger partial charge in [0.25, 0.3) is 5.91 Å². The maximum atomic E-state index is 13.0. The summed E-state index contributed by atoms with van der Waals surface area (Å²) in [6.45, 7) is 0.348. The summed E-state index contributed by atoms with van der Waals surface area (Å²) in [6.07, 6.45) is 0.0391. The summed E-state index contributed by atoms with van der Waals surface area (Å²) in [4.78, 5) is 25.5. The van der Waals surface area contributed by atoms with Crippen LogP contribution in [0.1, 0.15) is 12.0 Å². The lowest BCUT2D eigenvalue weighted by molar-refractivity contribution is -0.121. The fraction of sp³-hybridized carbons (Fsp3) is 0.176.